The number of hydrogen-bond acceptors (Lipinski definition) is 2. The zero-order valence-electron chi connectivity index (χ0n) is 14.2. The molecular weight excluding hydrogens is 272 g/mol. The lowest BCUT2D eigenvalue weighted by atomic mass is 9.49. The van der Waals surface area contributed by atoms with Crippen LogP contribution in [0, 0.1) is 11.3 Å². The van der Waals surface area contributed by atoms with E-state index in [0.29, 0.717) is 24.7 Å². The van der Waals surface area contributed by atoms with E-state index >= 15 is 0 Å². The molecule has 1 aliphatic heterocycles. The summed E-state index contributed by atoms with van der Waals surface area (Å²) in [5.74, 6) is 2.08. The van der Waals surface area contributed by atoms with E-state index in [2.05, 4.69) is 39.8 Å². The van der Waals surface area contributed by atoms with E-state index in [9.17, 15) is 4.79 Å². The first kappa shape index (κ1) is 14.3. The number of benzene rings is 1. The van der Waals surface area contributed by atoms with Crippen LogP contribution in [-0.2, 0) is 16.6 Å². The molecule has 2 aliphatic carbocycles. The summed E-state index contributed by atoms with van der Waals surface area (Å²) in [4.78, 5) is 13.1. The lowest BCUT2D eigenvalue weighted by Crippen LogP contribution is -2.55. The van der Waals surface area contributed by atoms with Crippen molar-refractivity contribution in [1.82, 2.24) is 0 Å². The molecule has 0 saturated heterocycles. The van der Waals surface area contributed by atoms with Crippen LogP contribution in [0.1, 0.15) is 69.6 Å². The first-order valence-corrected chi connectivity index (χ1v) is 8.68. The van der Waals surface area contributed by atoms with Crippen LogP contribution in [0.15, 0.2) is 12.1 Å². The van der Waals surface area contributed by atoms with E-state index in [-0.39, 0.29) is 16.7 Å². The molecule has 0 radical (unpaired) electrons. The van der Waals surface area contributed by atoms with Crippen LogP contribution in [0.5, 0.6) is 5.75 Å². The molecule has 118 valence electrons. The number of ether oxygens (including phenoxy) is 1. The lowest BCUT2D eigenvalue weighted by Gasteiger charge is -2.52. The molecule has 3 aliphatic rings. The molecule has 1 heterocycles. The molecule has 0 aromatic heterocycles. The zero-order chi connectivity index (χ0) is 15.7. The minimum absolute atomic E-state index is 0.0490. The summed E-state index contributed by atoms with van der Waals surface area (Å²) in [6, 6.07) is 4.33. The Morgan fingerprint density at radius 3 is 2.73 bits per heavy atom. The van der Waals surface area contributed by atoms with Crippen molar-refractivity contribution in [2.24, 2.45) is 11.3 Å². The smallest absolute Gasteiger partial charge is 0.141 e. The molecule has 22 heavy (non-hydrogen) atoms. The standard InChI is InChI=1S/C20H26O2/c1-12(2)13-6-7-16-17-14(13)10-15(21)18-19(3,4)8-5-9-20(17,18)11-22-16/h6-7,12,18H,5,8-11H2,1-4H3/t18-,20+/m1/s1. The summed E-state index contributed by atoms with van der Waals surface area (Å²) in [5, 5.41) is 0. The van der Waals surface area contributed by atoms with Crippen LogP contribution < -0.4 is 4.74 Å². The fourth-order valence-electron chi connectivity index (χ4n) is 5.66. The number of carbonyl (C=O) groups is 1. The third kappa shape index (κ3) is 1.64. The summed E-state index contributed by atoms with van der Waals surface area (Å²) < 4.78 is 6.11. The highest BCUT2D eigenvalue weighted by Gasteiger charge is 2.60. The Bertz CT molecular complexity index is 652. The van der Waals surface area contributed by atoms with E-state index in [4.69, 9.17) is 4.74 Å². The van der Waals surface area contributed by atoms with Crippen LogP contribution in [0.3, 0.4) is 0 Å². The minimum Gasteiger partial charge on any atom is -0.492 e. The fourth-order valence-corrected chi connectivity index (χ4v) is 5.66. The molecule has 1 aromatic rings. The summed E-state index contributed by atoms with van der Waals surface area (Å²) in [7, 11) is 0. The van der Waals surface area contributed by atoms with Gasteiger partial charge in [-0.05, 0) is 41.4 Å². The molecule has 4 rings (SSSR count). The van der Waals surface area contributed by atoms with E-state index in [1.807, 2.05) is 0 Å². The molecule has 2 atom stereocenters. The average Bonchev–Trinajstić information content (AvgIpc) is 2.78. The predicted molar refractivity (Wildman–Crippen MR) is 87.5 cm³/mol. The molecule has 1 aromatic carbocycles. The molecule has 2 nitrogen and oxygen atoms in total. The van der Waals surface area contributed by atoms with Crippen molar-refractivity contribution in [3.05, 3.63) is 28.8 Å². The van der Waals surface area contributed by atoms with Gasteiger partial charge in [0.05, 0.1) is 6.61 Å². The summed E-state index contributed by atoms with van der Waals surface area (Å²) in [6.07, 6.45) is 4.06. The molecule has 1 fully saturated rings. The van der Waals surface area contributed by atoms with Gasteiger partial charge in [0.2, 0.25) is 0 Å². The molecule has 0 bridgehead atoms. The van der Waals surface area contributed by atoms with Gasteiger partial charge in [-0.15, -0.1) is 0 Å². The van der Waals surface area contributed by atoms with Crippen molar-refractivity contribution >= 4 is 5.78 Å². The second-order valence-corrected chi connectivity index (χ2v) is 8.52. The van der Waals surface area contributed by atoms with Crippen molar-refractivity contribution in [3.8, 4) is 5.75 Å². The van der Waals surface area contributed by atoms with Crippen LogP contribution in [0.25, 0.3) is 0 Å². The van der Waals surface area contributed by atoms with Gasteiger partial charge in [-0.3, -0.25) is 4.79 Å². The van der Waals surface area contributed by atoms with Crippen molar-refractivity contribution in [2.45, 2.75) is 64.7 Å². The van der Waals surface area contributed by atoms with Gasteiger partial charge in [0, 0.05) is 23.3 Å². The van der Waals surface area contributed by atoms with Crippen molar-refractivity contribution in [3.63, 3.8) is 0 Å². The van der Waals surface area contributed by atoms with Gasteiger partial charge in [-0.1, -0.05) is 40.2 Å². The van der Waals surface area contributed by atoms with Gasteiger partial charge in [0.1, 0.15) is 11.5 Å². The highest BCUT2D eigenvalue weighted by molar-refractivity contribution is 5.90. The largest absolute Gasteiger partial charge is 0.492 e. The summed E-state index contributed by atoms with van der Waals surface area (Å²) in [5.41, 5.74) is 4.08. The van der Waals surface area contributed by atoms with Gasteiger partial charge >= 0.3 is 0 Å². The Labute approximate surface area is 133 Å². The van der Waals surface area contributed by atoms with Crippen LogP contribution in [0.2, 0.25) is 0 Å². The molecule has 0 amide bonds. The second kappa shape index (κ2) is 4.37. The van der Waals surface area contributed by atoms with Crippen molar-refractivity contribution < 1.29 is 9.53 Å². The van der Waals surface area contributed by atoms with Crippen LogP contribution in [0.4, 0.5) is 0 Å². The Kier molecular flexibility index (Phi) is 2.84. The number of rotatable bonds is 1. The van der Waals surface area contributed by atoms with Gasteiger partial charge in [-0.2, -0.15) is 0 Å². The Morgan fingerprint density at radius 1 is 1.23 bits per heavy atom. The molecule has 0 N–H and O–H groups in total. The molecule has 1 spiro atoms. The van der Waals surface area contributed by atoms with Crippen LogP contribution >= 0.6 is 0 Å². The van der Waals surface area contributed by atoms with E-state index in [1.54, 1.807) is 0 Å². The normalized spacial score (nSPS) is 31.7. The Balaban J connectivity index is 1.99. The third-order valence-corrected chi connectivity index (χ3v) is 6.37. The predicted octanol–water partition coefficient (Wildman–Crippen LogP) is 4.39. The van der Waals surface area contributed by atoms with Crippen molar-refractivity contribution in [2.75, 3.05) is 6.61 Å². The minimum atomic E-state index is -0.0490. The van der Waals surface area contributed by atoms with Gasteiger partial charge < -0.3 is 4.74 Å². The number of carbonyl (C=O) groups excluding carboxylic acids is 1. The van der Waals surface area contributed by atoms with E-state index < -0.39 is 0 Å². The number of ketones is 1. The molecule has 1 saturated carbocycles. The molecular formula is C20H26O2. The van der Waals surface area contributed by atoms with E-state index in [1.165, 1.54) is 23.1 Å². The maximum Gasteiger partial charge on any atom is 0.141 e. The average molecular weight is 298 g/mol. The Hall–Kier alpha value is -1.31. The molecule has 2 heteroatoms. The monoisotopic (exact) mass is 298 g/mol. The quantitative estimate of drug-likeness (QED) is 0.768. The molecule has 0 unspecified atom stereocenters. The van der Waals surface area contributed by atoms with Gasteiger partial charge in [0.15, 0.2) is 0 Å². The summed E-state index contributed by atoms with van der Waals surface area (Å²) >= 11 is 0. The third-order valence-electron chi connectivity index (χ3n) is 6.37. The fraction of sp³-hybridized carbons (Fsp3) is 0.650. The highest BCUT2D eigenvalue weighted by Crippen LogP contribution is 2.61. The first-order valence-electron chi connectivity index (χ1n) is 8.68. The second-order valence-electron chi connectivity index (χ2n) is 8.52. The van der Waals surface area contributed by atoms with Crippen molar-refractivity contribution in [1.29, 1.82) is 0 Å². The van der Waals surface area contributed by atoms with Crippen LogP contribution in [-0.4, -0.2) is 12.4 Å². The van der Waals surface area contributed by atoms with Gasteiger partial charge in [0.25, 0.3) is 0 Å². The highest BCUT2D eigenvalue weighted by atomic mass is 16.5. The maximum atomic E-state index is 13.1. The maximum absolute atomic E-state index is 13.1. The Morgan fingerprint density at radius 2 is 2.00 bits per heavy atom. The lowest BCUT2D eigenvalue weighted by molar-refractivity contribution is -0.133. The SMILES string of the molecule is CC(C)c1ccc2c3c1CC(=O)[C@@H]1C(C)(C)CCC[C@]31CO2. The first-order chi connectivity index (χ1) is 10.4. The van der Waals surface area contributed by atoms with Gasteiger partial charge in [-0.25, -0.2) is 0 Å². The zero-order valence-corrected chi connectivity index (χ0v) is 14.2. The topological polar surface area (TPSA) is 26.3 Å². The number of hydrogen-bond donors (Lipinski definition) is 0. The number of Topliss-reactive ketones (excluding diaryl/α,β-unsaturated/α-hetero) is 1. The van der Waals surface area contributed by atoms with E-state index in [0.717, 1.165) is 18.6 Å². The summed E-state index contributed by atoms with van der Waals surface area (Å²) in [6.45, 7) is 9.72.